The largest absolute Gasteiger partial charge is 0.476 e. The van der Waals surface area contributed by atoms with Crippen LogP contribution in [0.3, 0.4) is 0 Å². The Kier molecular flexibility index (Phi) is 3.65. The monoisotopic (exact) mass is 220 g/mol. The predicted molar refractivity (Wildman–Crippen MR) is 65.5 cm³/mol. The zero-order chi connectivity index (χ0) is 11.4. The van der Waals surface area contributed by atoms with Gasteiger partial charge < -0.3 is 10.5 Å². The molecule has 0 amide bonds. The van der Waals surface area contributed by atoms with Crippen molar-refractivity contribution in [1.29, 1.82) is 0 Å². The second kappa shape index (κ2) is 5.19. The van der Waals surface area contributed by atoms with E-state index in [4.69, 9.17) is 10.5 Å². The molecule has 1 aliphatic rings. The molecule has 1 aromatic heterocycles. The summed E-state index contributed by atoms with van der Waals surface area (Å²) >= 11 is 0. The molecule has 1 aromatic rings. The molecule has 0 radical (unpaired) electrons. The minimum absolute atomic E-state index is 0.602. The van der Waals surface area contributed by atoms with E-state index in [0.717, 1.165) is 12.3 Å². The summed E-state index contributed by atoms with van der Waals surface area (Å²) < 4.78 is 5.72. The molecule has 2 rings (SSSR count). The van der Waals surface area contributed by atoms with E-state index in [-0.39, 0.29) is 0 Å². The Balaban J connectivity index is 1.90. The fourth-order valence-electron chi connectivity index (χ4n) is 2.21. The van der Waals surface area contributed by atoms with E-state index in [1.54, 1.807) is 0 Å². The number of aromatic nitrogens is 1. The average molecular weight is 220 g/mol. The number of hydrogen-bond donors (Lipinski definition) is 1. The van der Waals surface area contributed by atoms with E-state index < -0.39 is 0 Å². The Morgan fingerprint density at radius 3 is 2.81 bits per heavy atom. The average Bonchev–Trinajstić information content (AvgIpc) is 2.32. The van der Waals surface area contributed by atoms with E-state index >= 15 is 0 Å². The standard InChI is InChI=1S/C13H20N2O/c1-10-7-8-12(14)13(15-10)16-9-11-5-3-2-4-6-11/h7-8,11H,2-6,9,14H2,1H3. The van der Waals surface area contributed by atoms with Crippen molar-refractivity contribution in [3.8, 4) is 5.88 Å². The molecule has 0 bridgehead atoms. The maximum atomic E-state index is 5.82. The molecule has 0 unspecified atom stereocenters. The van der Waals surface area contributed by atoms with Crippen molar-refractivity contribution in [2.45, 2.75) is 39.0 Å². The van der Waals surface area contributed by atoms with Gasteiger partial charge in [-0.3, -0.25) is 0 Å². The highest BCUT2D eigenvalue weighted by molar-refractivity contribution is 5.48. The second-order valence-electron chi connectivity index (χ2n) is 4.66. The van der Waals surface area contributed by atoms with E-state index in [1.165, 1.54) is 32.1 Å². The molecule has 0 atom stereocenters. The van der Waals surface area contributed by atoms with Crippen molar-refractivity contribution >= 4 is 5.69 Å². The van der Waals surface area contributed by atoms with Crippen molar-refractivity contribution in [2.75, 3.05) is 12.3 Å². The summed E-state index contributed by atoms with van der Waals surface area (Å²) in [6, 6.07) is 3.77. The van der Waals surface area contributed by atoms with E-state index in [0.29, 0.717) is 17.5 Å². The first-order valence-corrected chi connectivity index (χ1v) is 6.11. The highest BCUT2D eigenvalue weighted by atomic mass is 16.5. The Bertz CT molecular complexity index is 346. The van der Waals surface area contributed by atoms with Crippen molar-refractivity contribution in [1.82, 2.24) is 4.98 Å². The van der Waals surface area contributed by atoms with Gasteiger partial charge in [0, 0.05) is 5.69 Å². The lowest BCUT2D eigenvalue weighted by Crippen LogP contribution is -2.16. The van der Waals surface area contributed by atoms with Crippen LogP contribution >= 0.6 is 0 Å². The van der Waals surface area contributed by atoms with Crippen LogP contribution in [0.2, 0.25) is 0 Å². The van der Waals surface area contributed by atoms with Crippen LogP contribution < -0.4 is 10.5 Å². The maximum Gasteiger partial charge on any atom is 0.237 e. The summed E-state index contributed by atoms with van der Waals surface area (Å²) in [4.78, 5) is 4.31. The topological polar surface area (TPSA) is 48.1 Å². The summed E-state index contributed by atoms with van der Waals surface area (Å²) in [7, 11) is 0. The number of nitrogens with two attached hydrogens (primary N) is 1. The van der Waals surface area contributed by atoms with Crippen molar-refractivity contribution in [2.24, 2.45) is 5.92 Å². The number of hydrogen-bond acceptors (Lipinski definition) is 3. The van der Waals surface area contributed by atoms with Gasteiger partial charge >= 0.3 is 0 Å². The number of rotatable bonds is 3. The van der Waals surface area contributed by atoms with E-state index in [2.05, 4.69) is 4.98 Å². The van der Waals surface area contributed by atoms with Crippen LogP contribution in [-0.4, -0.2) is 11.6 Å². The molecule has 1 heterocycles. The molecule has 0 saturated heterocycles. The normalized spacial score (nSPS) is 17.3. The minimum Gasteiger partial charge on any atom is -0.476 e. The molecule has 1 fully saturated rings. The van der Waals surface area contributed by atoms with Gasteiger partial charge in [0.2, 0.25) is 5.88 Å². The molecule has 2 N–H and O–H groups in total. The Morgan fingerprint density at radius 1 is 1.31 bits per heavy atom. The molecule has 3 nitrogen and oxygen atoms in total. The van der Waals surface area contributed by atoms with Crippen LogP contribution in [0, 0.1) is 12.8 Å². The van der Waals surface area contributed by atoms with Crippen LogP contribution in [-0.2, 0) is 0 Å². The third kappa shape index (κ3) is 2.87. The number of aryl methyl sites for hydroxylation is 1. The fourth-order valence-corrected chi connectivity index (χ4v) is 2.21. The highest BCUT2D eigenvalue weighted by Gasteiger charge is 2.14. The number of nitrogen functional groups attached to an aromatic ring is 1. The molecule has 1 aliphatic carbocycles. The fraction of sp³-hybridized carbons (Fsp3) is 0.615. The van der Waals surface area contributed by atoms with Crippen LogP contribution in [0.15, 0.2) is 12.1 Å². The molecular formula is C13H20N2O. The SMILES string of the molecule is Cc1ccc(N)c(OCC2CCCCC2)n1. The van der Waals surface area contributed by atoms with E-state index in [9.17, 15) is 0 Å². The Hall–Kier alpha value is -1.25. The van der Waals surface area contributed by atoms with Gasteiger partial charge in [-0.15, -0.1) is 0 Å². The van der Waals surface area contributed by atoms with Gasteiger partial charge in [0.25, 0.3) is 0 Å². The minimum atomic E-state index is 0.602. The number of anilines is 1. The number of pyridine rings is 1. The molecule has 0 aliphatic heterocycles. The summed E-state index contributed by atoms with van der Waals surface area (Å²) in [6.45, 7) is 2.72. The van der Waals surface area contributed by atoms with Crippen molar-refractivity contribution in [3.63, 3.8) is 0 Å². The summed E-state index contributed by atoms with van der Waals surface area (Å²) in [5.74, 6) is 1.29. The molecule has 0 spiro atoms. The zero-order valence-electron chi connectivity index (χ0n) is 9.91. The van der Waals surface area contributed by atoms with Crippen LogP contribution in [0.1, 0.15) is 37.8 Å². The van der Waals surface area contributed by atoms with Gasteiger partial charge in [-0.05, 0) is 37.8 Å². The number of nitrogens with zero attached hydrogens (tertiary/aromatic N) is 1. The van der Waals surface area contributed by atoms with Crippen LogP contribution in [0.25, 0.3) is 0 Å². The highest BCUT2D eigenvalue weighted by Crippen LogP contribution is 2.25. The maximum absolute atomic E-state index is 5.82. The Morgan fingerprint density at radius 2 is 2.06 bits per heavy atom. The molecule has 3 heteroatoms. The molecule has 16 heavy (non-hydrogen) atoms. The van der Waals surface area contributed by atoms with Crippen LogP contribution in [0.4, 0.5) is 5.69 Å². The lowest BCUT2D eigenvalue weighted by molar-refractivity contribution is 0.203. The lowest BCUT2D eigenvalue weighted by atomic mass is 9.90. The summed E-state index contributed by atoms with van der Waals surface area (Å²) in [6.07, 6.45) is 6.62. The Labute approximate surface area is 97.0 Å². The number of ether oxygens (including phenoxy) is 1. The third-order valence-corrected chi connectivity index (χ3v) is 3.21. The third-order valence-electron chi connectivity index (χ3n) is 3.21. The van der Waals surface area contributed by atoms with Gasteiger partial charge in [0.05, 0.1) is 12.3 Å². The molecule has 0 aromatic carbocycles. The van der Waals surface area contributed by atoms with Gasteiger partial charge in [-0.2, -0.15) is 0 Å². The van der Waals surface area contributed by atoms with Crippen LogP contribution in [0.5, 0.6) is 5.88 Å². The van der Waals surface area contributed by atoms with Gasteiger partial charge in [0.15, 0.2) is 0 Å². The second-order valence-corrected chi connectivity index (χ2v) is 4.66. The van der Waals surface area contributed by atoms with Crippen molar-refractivity contribution in [3.05, 3.63) is 17.8 Å². The summed E-state index contributed by atoms with van der Waals surface area (Å²) in [5, 5.41) is 0. The summed E-state index contributed by atoms with van der Waals surface area (Å²) in [5.41, 5.74) is 7.41. The molecule has 88 valence electrons. The van der Waals surface area contributed by atoms with Gasteiger partial charge in [-0.25, -0.2) is 4.98 Å². The first-order chi connectivity index (χ1) is 7.75. The predicted octanol–water partition coefficient (Wildman–Crippen LogP) is 2.93. The first kappa shape index (κ1) is 11.2. The lowest BCUT2D eigenvalue weighted by Gasteiger charge is -2.21. The van der Waals surface area contributed by atoms with Gasteiger partial charge in [0.1, 0.15) is 0 Å². The quantitative estimate of drug-likeness (QED) is 0.852. The molecular weight excluding hydrogens is 200 g/mol. The smallest absolute Gasteiger partial charge is 0.237 e. The van der Waals surface area contributed by atoms with E-state index in [1.807, 2.05) is 19.1 Å². The zero-order valence-corrected chi connectivity index (χ0v) is 9.91. The van der Waals surface area contributed by atoms with Gasteiger partial charge in [-0.1, -0.05) is 19.3 Å². The van der Waals surface area contributed by atoms with Crippen molar-refractivity contribution < 1.29 is 4.74 Å². The molecule has 1 saturated carbocycles. The first-order valence-electron chi connectivity index (χ1n) is 6.11.